The lowest BCUT2D eigenvalue weighted by molar-refractivity contribution is 0.0743. The Kier molecular flexibility index (Phi) is 5.50. The highest BCUT2D eigenvalue weighted by Crippen LogP contribution is 2.12. The van der Waals surface area contributed by atoms with Gasteiger partial charge in [-0.2, -0.15) is 0 Å². The van der Waals surface area contributed by atoms with E-state index in [1.54, 1.807) is 0 Å². The molecule has 1 aromatic rings. The molecule has 0 fully saturated rings. The van der Waals surface area contributed by atoms with Crippen molar-refractivity contribution in [1.82, 2.24) is 5.32 Å². The van der Waals surface area contributed by atoms with Crippen molar-refractivity contribution in [2.24, 2.45) is 0 Å². The molecule has 0 aliphatic carbocycles. The van der Waals surface area contributed by atoms with Crippen molar-refractivity contribution in [3.05, 3.63) is 35.4 Å². The number of aryl methyl sites for hydroxylation is 1. The molecule has 16 heavy (non-hydrogen) atoms. The van der Waals surface area contributed by atoms with Gasteiger partial charge in [-0.05, 0) is 33.3 Å². The Morgan fingerprint density at radius 1 is 1.19 bits per heavy atom. The van der Waals surface area contributed by atoms with E-state index in [-0.39, 0.29) is 6.10 Å². The van der Waals surface area contributed by atoms with E-state index in [1.807, 2.05) is 6.92 Å². The average Bonchev–Trinajstić information content (AvgIpc) is 2.27. The molecule has 0 saturated heterocycles. The first-order valence-corrected chi connectivity index (χ1v) is 6.05. The quantitative estimate of drug-likeness (QED) is 0.797. The minimum atomic E-state index is 0.276. The van der Waals surface area contributed by atoms with Gasteiger partial charge in [0, 0.05) is 19.2 Å². The van der Waals surface area contributed by atoms with E-state index in [9.17, 15) is 0 Å². The lowest BCUT2D eigenvalue weighted by atomic mass is 10.1. The highest BCUT2D eigenvalue weighted by Gasteiger charge is 2.06. The molecule has 0 spiro atoms. The Morgan fingerprint density at radius 3 is 2.38 bits per heavy atom. The van der Waals surface area contributed by atoms with Crippen LogP contribution in [0.1, 0.15) is 37.9 Å². The lowest BCUT2D eigenvalue weighted by Crippen LogP contribution is -2.29. The number of benzene rings is 1. The maximum Gasteiger partial charge on any atom is 0.0671 e. The van der Waals surface area contributed by atoms with E-state index in [2.05, 4.69) is 50.4 Å². The predicted molar refractivity (Wildman–Crippen MR) is 68.7 cm³/mol. The summed E-state index contributed by atoms with van der Waals surface area (Å²) in [6.07, 6.45) is 0.276. The maximum atomic E-state index is 5.48. The summed E-state index contributed by atoms with van der Waals surface area (Å²) >= 11 is 0. The van der Waals surface area contributed by atoms with E-state index in [0.29, 0.717) is 6.04 Å². The molecule has 2 atom stereocenters. The van der Waals surface area contributed by atoms with Crippen LogP contribution in [0.25, 0.3) is 0 Å². The van der Waals surface area contributed by atoms with Crippen molar-refractivity contribution in [2.45, 2.75) is 39.8 Å². The largest absolute Gasteiger partial charge is 0.377 e. The van der Waals surface area contributed by atoms with Crippen LogP contribution in [0.3, 0.4) is 0 Å². The first kappa shape index (κ1) is 13.2. The fourth-order valence-electron chi connectivity index (χ4n) is 1.66. The minimum absolute atomic E-state index is 0.276. The molecule has 0 bridgehead atoms. The van der Waals surface area contributed by atoms with Gasteiger partial charge in [0.2, 0.25) is 0 Å². The first-order valence-electron chi connectivity index (χ1n) is 6.05. The van der Waals surface area contributed by atoms with E-state index in [0.717, 1.165) is 13.2 Å². The van der Waals surface area contributed by atoms with Crippen molar-refractivity contribution in [1.29, 1.82) is 0 Å². The minimum Gasteiger partial charge on any atom is -0.377 e. The monoisotopic (exact) mass is 221 g/mol. The summed E-state index contributed by atoms with van der Waals surface area (Å²) < 4.78 is 5.48. The molecule has 0 amide bonds. The Bertz CT molecular complexity index is 294. The van der Waals surface area contributed by atoms with Crippen molar-refractivity contribution in [3.63, 3.8) is 0 Å². The Balaban J connectivity index is 2.40. The van der Waals surface area contributed by atoms with Gasteiger partial charge in [-0.1, -0.05) is 29.8 Å². The third-order valence-corrected chi connectivity index (χ3v) is 2.74. The number of rotatable bonds is 6. The molecule has 0 aliphatic rings. The summed E-state index contributed by atoms with van der Waals surface area (Å²) in [5.41, 5.74) is 2.63. The molecule has 2 nitrogen and oxygen atoms in total. The predicted octanol–water partition coefficient (Wildman–Crippen LogP) is 3.07. The smallest absolute Gasteiger partial charge is 0.0671 e. The molecule has 1 N–H and O–H groups in total. The van der Waals surface area contributed by atoms with Gasteiger partial charge < -0.3 is 10.1 Å². The molecular weight excluding hydrogens is 198 g/mol. The zero-order chi connectivity index (χ0) is 12.0. The Morgan fingerprint density at radius 2 is 1.81 bits per heavy atom. The topological polar surface area (TPSA) is 21.3 Å². The normalized spacial score (nSPS) is 14.8. The van der Waals surface area contributed by atoms with Crippen LogP contribution in [-0.4, -0.2) is 19.3 Å². The molecule has 0 heterocycles. The molecule has 2 heteroatoms. The summed E-state index contributed by atoms with van der Waals surface area (Å²) in [6.45, 7) is 10.1. The van der Waals surface area contributed by atoms with Crippen LogP contribution in [0.2, 0.25) is 0 Å². The SMILES string of the molecule is CCOC(C)CNC(C)c1ccc(C)cc1. The zero-order valence-corrected chi connectivity index (χ0v) is 10.8. The fourth-order valence-corrected chi connectivity index (χ4v) is 1.66. The highest BCUT2D eigenvalue weighted by molar-refractivity contribution is 5.23. The van der Waals surface area contributed by atoms with Crippen LogP contribution in [-0.2, 0) is 4.74 Å². The zero-order valence-electron chi connectivity index (χ0n) is 10.8. The van der Waals surface area contributed by atoms with Crippen molar-refractivity contribution in [2.75, 3.05) is 13.2 Å². The fraction of sp³-hybridized carbons (Fsp3) is 0.571. The first-order chi connectivity index (χ1) is 7.63. The molecule has 1 aromatic carbocycles. The van der Waals surface area contributed by atoms with Gasteiger partial charge in [0.05, 0.1) is 6.10 Å². The number of hydrogen-bond donors (Lipinski definition) is 1. The Hall–Kier alpha value is -0.860. The molecule has 0 radical (unpaired) electrons. The van der Waals surface area contributed by atoms with Gasteiger partial charge in [0.1, 0.15) is 0 Å². The molecule has 1 rings (SSSR count). The van der Waals surface area contributed by atoms with Gasteiger partial charge in [-0.3, -0.25) is 0 Å². The Labute approximate surface area is 99.0 Å². The van der Waals surface area contributed by atoms with Crippen LogP contribution in [0.5, 0.6) is 0 Å². The summed E-state index contributed by atoms with van der Waals surface area (Å²) in [5.74, 6) is 0. The van der Waals surface area contributed by atoms with Crippen molar-refractivity contribution in [3.8, 4) is 0 Å². The molecule has 2 unspecified atom stereocenters. The maximum absolute atomic E-state index is 5.48. The van der Waals surface area contributed by atoms with Gasteiger partial charge >= 0.3 is 0 Å². The van der Waals surface area contributed by atoms with Crippen LogP contribution in [0.4, 0.5) is 0 Å². The van der Waals surface area contributed by atoms with Crippen LogP contribution in [0, 0.1) is 6.92 Å². The van der Waals surface area contributed by atoms with E-state index in [4.69, 9.17) is 4.74 Å². The molecule has 90 valence electrons. The molecule has 0 saturated carbocycles. The average molecular weight is 221 g/mol. The van der Waals surface area contributed by atoms with E-state index < -0.39 is 0 Å². The molecule has 0 aliphatic heterocycles. The van der Waals surface area contributed by atoms with Gasteiger partial charge in [0.25, 0.3) is 0 Å². The van der Waals surface area contributed by atoms with Crippen molar-refractivity contribution < 1.29 is 4.74 Å². The summed E-state index contributed by atoms with van der Waals surface area (Å²) in [5, 5.41) is 3.48. The second kappa shape index (κ2) is 6.66. The molecule has 0 aromatic heterocycles. The van der Waals surface area contributed by atoms with E-state index in [1.165, 1.54) is 11.1 Å². The molecular formula is C14H23NO. The van der Waals surface area contributed by atoms with Gasteiger partial charge in [-0.25, -0.2) is 0 Å². The van der Waals surface area contributed by atoms with Gasteiger partial charge in [0.15, 0.2) is 0 Å². The van der Waals surface area contributed by atoms with Crippen LogP contribution < -0.4 is 5.32 Å². The third kappa shape index (κ3) is 4.33. The number of hydrogen-bond acceptors (Lipinski definition) is 2. The summed E-state index contributed by atoms with van der Waals surface area (Å²) in [7, 11) is 0. The highest BCUT2D eigenvalue weighted by atomic mass is 16.5. The third-order valence-electron chi connectivity index (χ3n) is 2.74. The summed E-state index contributed by atoms with van der Waals surface area (Å²) in [4.78, 5) is 0. The number of ether oxygens (including phenoxy) is 1. The van der Waals surface area contributed by atoms with E-state index >= 15 is 0 Å². The standard InChI is InChI=1S/C14H23NO/c1-5-16-12(3)10-15-13(4)14-8-6-11(2)7-9-14/h6-9,12-13,15H,5,10H2,1-4H3. The lowest BCUT2D eigenvalue weighted by Gasteiger charge is -2.18. The number of nitrogens with one attached hydrogen (secondary N) is 1. The second-order valence-electron chi connectivity index (χ2n) is 4.31. The second-order valence-corrected chi connectivity index (χ2v) is 4.31. The summed E-state index contributed by atoms with van der Waals surface area (Å²) in [6, 6.07) is 9.04. The van der Waals surface area contributed by atoms with Crippen molar-refractivity contribution >= 4 is 0 Å². The van der Waals surface area contributed by atoms with Crippen LogP contribution >= 0.6 is 0 Å². The van der Waals surface area contributed by atoms with Gasteiger partial charge in [-0.15, -0.1) is 0 Å². The van der Waals surface area contributed by atoms with Crippen LogP contribution in [0.15, 0.2) is 24.3 Å².